The van der Waals surface area contributed by atoms with Crippen LogP contribution in [-0.2, 0) is 14.4 Å². The SMILES string of the molecule is Cc1cccc(N2N=C(C(=O)N3CCN(C(=O)C(C)C)CC3)CCC2=O)c1. The second-order valence-electron chi connectivity index (χ2n) is 7.36. The van der Waals surface area contributed by atoms with Crippen LogP contribution in [0.4, 0.5) is 5.69 Å². The van der Waals surface area contributed by atoms with Crippen molar-refractivity contribution in [2.75, 3.05) is 31.2 Å². The van der Waals surface area contributed by atoms with Crippen LogP contribution in [-0.4, -0.2) is 59.4 Å². The molecule has 2 heterocycles. The number of rotatable bonds is 3. The largest absolute Gasteiger partial charge is 0.339 e. The maximum Gasteiger partial charge on any atom is 0.270 e. The maximum atomic E-state index is 12.9. The van der Waals surface area contributed by atoms with Crippen LogP contribution in [0, 0.1) is 12.8 Å². The molecule has 0 radical (unpaired) electrons. The molecule has 1 aromatic rings. The molecular formula is C20H26N4O3. The molecule has 0 unspecified atom stereocenters. The quantitative estimate of drug-likeness (QED) is 0.814. The Morgan fingerprint density at radius 2 is 1.70 bits per heavy atom. The van der Waals surface area contributed by atoms with Gasteiger partial charge in [0.25, 0.3) is 5.91 Å². The fraction of sp³-hybridized carbons (Fsp3) is 0.500. The molecule has 0 N–H and O–H groups in total. The number of piperazine rings is 1. The summed E-state index contributed by atoms with van der Waals surface area (Å²) >= 11 is 0. The lowest BCUT2D eigenvalue weighted by atomic mass is 10.1. The van der Waals surface area contributed by atoms with Crippen molar-refractivity contribution in [3.8, 4) is 0 Å². The standard InChI is InChI=1S/C20H26N4O3/c1-14(2)19(26)22-9-11-23(12-10-22)20(27)17-7-8-18(25)24(21-17)16-6-4-5-15(3)13-16/h4-6,13-14H,7-12H2,1-3H3. The Labute approximate surface area is 159 Å². The van der Waals surface area contributed by atoms with Gasteiger partial charge in [-0.3, -0.25) is 14.4 Å². The number of benzene rings is 1. The van der Waals surface area contributed by atoms with Crippen LogP contribution < -0.4 is 5.01 Å². The Morgan fingerprint density at radius 1 is 1.04 bits per heavy atom. The van der Waals surface area contributed by atoms with Crippen molar-refractivity contribution in [1.82, 2.24) is 9.80 Å². The van der Waals surface area contributed by atoms with Gasteiger partial charge in [0.15, 0.2) is 0 Å². The predicted octanol–water partition coefficient (Wildman–Crippen LogP) is 1.80. The highest BCUT2D eigenvalue weighted by atomic mass is 16.2. The Hall–Kier alpha value is -2.70. The highest BCUT2D eigenvalue weighted by Gasteiger charge is 2.31. The zero-order valence-electron chi connectivity index (χ0n) is 16.1. The van der Waals surface area contributed by atoms with E-state index in [-0.39, 0.29) is 30.1 Å². The van der Waals surface area contributed by atoms with Gasteiger partial charge in [0, 0.05) is 44.9 Å². The zero-order chi connectivity index (χ0) is 19.6. The van der Waals surface area contributed by atoms with Crippen molar-refractivity contribution in [3.63, 3.8) is 0 Å². The molecule has 1 fully saturated rings. The molecule has 0 spiro atoms. The molecule has 2 aliphatic heterocycles. The molecule has 1 saturated heterocycles. The molecular weight excluding hydrogens is 344 g/mol. The van der Waals surface area contributed by atoms with Crippen LogP contribution in [0.5, 0.6) is 0 Å². The molecule has 1 aromatic carbocycles. The van der Waals surface area contributed by atoms with Crippen LogP contribution in [0.1, 0.15) is 32.3 Å². The third-order valence-electron chi connectivity index (χ3n) is 4.90. The van der Waals surface area contributed by atoms with Gasteiger partial charge in [-0.25, -0.2) is 5.01 Å². The molecule has 0 aromatic heterocycles. The minimum Gasteiger partial charge on any atom is -0.339 e. The first kappa shape index (κ1) is 19.1. The summed E-state index contributed by atoms with van der Waals surface area (Å²) in [7, 11) is 0. The number of anilines is 1. The van der Waals surface area contributed by atoms with E-state index in [1.165, 1.54) is 5.01 Å². The van der Waals surface area contributed by atoms with Crippen LogP contribution in [0.25, 0.3) is 0 Å². The van der Waals surface area contributed by atoms with E-state index in [1.54, 1.807) is 9.80 Å². The van der Waals surface area contributed by atoms with Crippen LogP contribution >= 0.6 is 0 Å². The topological polar surface area (TPSA) is 73.3 Å². The van der Waals surface area contributed by atoms with Crippen molar-refractivity contribution in [2.24, 2.45) is 11.0 Å². The summed E-state index contributed by atoms with van der Waals surface area (Å²) in [4.78, 5) is 40.8. The molecule has 2 aliphatic rings. The number of carbonyl (C=O) groups excluding carboxylic acids is 3. The lowest BCUT2D eigenvalue weighted by molar-refractivity contribution is -0.139. The number of hydrazone groups is 1. The van der Waals surface area contributed by atoms with E-state index in [0.29, 0.717) is 44.0 Å². The third-order valence-corrected chi connectivity index (χ3v) is 4.90. The molecule has 0 saturated carbocycles. The summed E-state index contributed by atoms with van der Waals surface area (Å²) in [5, 5.41) is 5.70. The smallest absolute Gasteiger partial charge is 0.270 e. The Bertz CT molecular complexity index is 779. The summed E-state index contributed by atoms with van der Waals surface area (Å²) in [6.07, 6.45) is 0.620. The number of hydrogen-bond donors (Lipinski definition) is 0. The van der Waals surface area contributed by atoms with Crippen molar-refractivity contribution >= 4 is 29.1 Å². The fourth-order valence-electron chi connectivity index (χ4n) is 3.35. The first-order valence-corrected chi connectivity index (χ1v) is 9.42. The van der Waals surface area contributed by atoms with Gasteiger partial charge >= 0.3 is 0 Å². The second-order valence-corrected chi connectivity index (χ2v) is 7.36. The number of hydrogen-bond acceptors (Lipinski definition) is 4. The number of nitrogens with zero attached hydrogens (tertiary/aromatic N) is 4. The maximum absolute atomic E-state index is 12.9. The Balaban J connectivity index is 1.70. The van der Waals surface area contributed by atoms with Crippen molar-refractivity contribution in [1.29, 1.82) is 0 Å². The monoisotopic (exact) mass is 370 g/mol. The average molecular weight is 370 g/mol. The molecule has 7 heteroatoms. The molecule has 0 aliphatic carbocycles. The van der Waals surface area contributed by atoms with E-state index in [2.05, 4.69) is 5.10 Å². The minimum atomic E-state index is -0.142. The van der Waals surface area contributed by atoms with E-state index in [9.17, 15) is 14.4 Å². The van der Waals surface area contributed by atoms with Crippen LogP contribution in [0.3, 0.4) is 0 Å². The van der Waals surface area contributed by atoms with E-state index in [4.69, 9.17) is 0 Å². The van der Waals surface area contributed by atoms with E-state index >= 15 is 0 Å². The van der Waals surface area contributed by atoms with E-state index in [1.807, 2.05) is 45.0 Å². The van der Waals surface area contributed by atoms with Gasteiger partial charge in [0.2, 0.25) is 11.8 Å². The first-order chi connectivity index (χ1) is 12.9. The van der Waals surface area contributed by atoms with Gasteiger partial charge in [-0.15, -0.1) is 0 Å². The lowest BCUT2D eigenvalue weighted by Gasteiger charge is -2.36. The molecule has 0 bridgehead atoms. The van der Waals surface area contributed by atoms with E-state index in [0.717, 1.165) is 5.56 Å². The Morgan fingerprint density at radius 3 is 2.33 bits per heavy atom. The molecule has 3 rings (SSSR count). The zero-order valence-corrected chi connectivity index (χ0v) is 16.1. The van der Waals surface area contributed by atoms with Gasteiger partial charge < -0.3 is 9.80 Å². The molecule has 3 amide bonds. The van der Waals surface area contributed by atoms with Crippen molar-refractivity contribution in [2.45, 2.75) is 33.6 Å². The summed E-state index contributed by atoms with van der Waals surface area (Å²) in [5.41, 5.74) is 2.11. The second kappa shape index (κ2) is 7.90. The number of carbonyl (C=O) groups is 3. The van der Waals surface area contributed by atoms with Crippen molar-refractivity contribution < 1.29 is 14.4 Å². The van der Waals surface area contributed by atoms with Crippen LogP contribution in [0.15, 0.2) is 29.4 Å². The summed E-state index contributed by atoms with van der Waals surface area (Å²) in [5.74, 6) is -0.168. The van der Waals surface area contributed by atoms with Gasteiger partial charge in [0.05, 0.1) is 5.69 Å². The van der Waals surface area contributed by atoms with E-state index < -0.39 is 0 Å². The minimum absolute atomic E-state index is 0.0381. The molecule has 0 atom stereocenters. The van der Waals surface area contributed by atoms with Crippen molar-refractivity contribution in [3.05, 3.63) is 29.8 Å². The lowest BCUT2D eigenvalue weighted by Crippen LogP contribution is -2.53. The van der Waals surface area contributed by atoms with Gasteiger partial charge in [-0.1, -0.05) is 26.0 Å². The first-order valence-electron chi connectivity index (χ1n) is 9.42. The average Bonchev–Trinajstić information content (AvgIpc) is 2.67. The summed E-state index contributed by atoms with van der Waals surface area (Å²) in [6, 6.07) is 7.52. The molecule has 7 nitrogen and oxygen atoms in total. The van der Waals surface area contributed by atoms with Gasteiger partial charge in [-0.05, 0) is 24.6 Å². The summed E-state index contributed by atoms with van der Waals surface area (Å²) < 4.78 is 0. The highest BCUT2D eigenvalue weighted by molar-refractivity contribution is 6.40. The highest BCUT2D eigenvalue weighted by Crippen LogP contribution is 2.22. The molecule has 27 heavy (non-hydrogen) atoms. The fourth-order valence-corrected chi connectivity index (χ4v) is 3.35. The number of amides is 3. The van der Waals surface area contributed by atoms with Gasteiger partial charge in [0.1, 0.15) is 5.71 Å². The normalized spacial score (nSPS) is 18.0. The summed E-state index contributed by atoms with van der Waals surface area (Å²) in [6.45, 7) is 7.78. The third kappa shape index (κ3) is 4.18. The van der Waals surface area contributed by atoms with Gasteiger partial charge in [-0.2, -0.15) is 5.10 Å². The van der Waals surface area contributed by atoms with Crippen LogP contribution in [0.2, 0.25) is 0 Å². The predicted molar refractivity (Wildman–Crippen MR) is 103 cm³/mol. The Kier molecular flexibility index (Phi) is 5.58. The molecule has 144 valence electrons. The number of aryl methyl sites for hydroxylation is 1.